The summed E-state index contributed by atoms with van der Waals surface area (Å²) in [6.07, 6.45) is 3.56. The summed E-state index contributed by atoms with van der Waals surface area (Å²) in [5.41, 5.74) is 0.664. The first-order chi connectivity index (χ1) is 11.2. The number of benzene rings is 1. The molecule has 0 spiro atoms. The number of rotatable bonds is 6. The second kappa shape index (κ2) is 8.56. The van der Waals surface area contributed by atoms with Crippen LogP contribution in [-0.2, 0) is 4.79 Å². The Morgan fingerprint density at radius 3 is 2.43 bits per heavy atom. The third-order valence-corrected chi connectivity index (χ3v) is 4.32. The molecule has 1 aromatic rings. The van der Waals surface area contributed by atoms with Crippen LogP contribution in [0, 0.1) is 5.92 Å². The van der Waals surface area contributed by atoms with E-state index >= 15 is 0 Å². The number of amides is 2. The Morgan fingerprint density at radius 2 is 1.87 bits per heavy atom. The Kier molecular flexibility index (Phi) is 6.44. The lowest BCUT2D eigenvalue weighted by Gasteiger charge is -2.31. The summed E-state index contributed by atoms with van der Waals surface area (Å²) in [5.74, 6) is 0.934. The number of hydrogen-bond acceptors (Lipinski definition) is 3. The number of carbonyl (C=O) groups excluding carboxylic acids is 2. The Hall–Kier alpha value is -2.04. The van der Waals surface area contributed by atoms with E-state index in [4.69, 9.17) is 4.74 Å². The molecule has 0 saturated carbocycles. The van der Waals surface area contributed by atoms with Crippen molar-refractivity contribution in [1.29, 1.82) is 0 Å². The van der Waals surface area contributed by atoms with E-state index in [2.05, 4.69) is 12.2 Å². The summed E-state index contributed by atoms with van der Waals surface area (Å²) in [5, 5.41) is 2.99. The molecule has 1 saturated heterocycles. The molecule has 1 aromatic carbocycles. The van der Waals surface area contributed by atoms with Gasteiger partial charge < -0.3 is 15.0 Å². The van der Waals surface area contributed by atoms with Crippen LogP contribution in [0.15, 0.2) is 24.3 Å². The van der Waals surface area contributed by atoms with Gasteiger partial charge in [-0.3, -0.25) is 9.59 Å². The van der Waals surface area contributed by atoms with E-state index in [0.29, 0.717) is 18.7 Å². The number of hydrogen-bond donors (Lipinski definition) is 1. The van der Waals surface area contributed by atoms with E-state index < -0.39 is 0 Å². The minimum atomic E-state index is 0.0255. The standard InChI is InChI=1S/C18H26N2O3/c1-3-4-11-19-17(21)14-9-12-20(13-10-14)18(22)15-5-7-16(23-2)8-6-15/h5-8,14H,3-4,9-13H2,1-2H3,(H,19,21). The molecule has 1 aliphatic heterocycles. The zero-order chi connectivity index (χ0) is 16.7. The first kappa shape index (κ1) is 17.3. The van der Waals surface area contributed by atoms with E-state index in [1.165, 1.54) is 0 Å². The van der Waals surface area contributed by atoms with Gasteiger partial charge in [-0.1, -0.05) is 13.3 Å². The van der Waals surface area contributed by atoms with Gasteiger partial charge in [0.15, 0.2) is 0 Å². The van der Waals surface area contributed by atoms with E-state index in [-0.39, 0.29) is 17.7 Å². The number of unbranched alkanes of at least 4 members (excludes halogenated alkanes) is 1. The number of methoxy groups -OCH3 is 1. The summed E-state index contributed by atoms with van der Waals surface area (Å²) >= 11 is 0. The summed E-state index contributed by atoms with van der Waals surface area (Å²) in [4.78, 5) is 26.4. The molecule has 0 radical (unpaired) electrons. The van der Waals surface area contributed by atoms with Gasteiger partial charge in [0, 0.05) is 31.1 Å². The maximum absolute atomic E-state index is 12.5. The quantitative estimate of drug-likeness (QED) is 0.820. The van der Waals surface area contributed by atoms with Crippen LogP contribution in [0.4, 0.5) is 0 Å². The van der Waals surface area contributed by atoms with Gasteiger partial charge in [0.1, 0.15) is 5.75 Å². The minimum Gasteiger partial charge on any atom is -0.497 e. The number of nitrogens with one attached hydrogen (secondary N) is 1. The lowest BCUT2D eigenvalue weighted by Crippen LogP contribution is -2.43. The van der Waals surface area contributed by atoms with E-state index in [9.17, 15) is 9.59 Å². The second-order valence-corrected chi connectivity index (χ2v) is 5.94. The maximum Gasteiger partial charge on any atom is 0.253 e. The SMILES string of the molecule is CCCCNC(=O)C1CCN(C(=O)c2ccc(OC)cc2)CC1. The third-order valence-electron chi connectivity index (χ3n) is 4.32. The molecule has 2 amide bonds. The minimum absolute atomic E-state index is 0.0255. The molecule has 23 heavy (non-hydrogen) atoms. The van der Waals surface area contributed by atoms with Crippen molar-refractivity contribution in [3.63, 3.8) is 0 Å². The van der Waals surface area contributed by atoms with Crippen LogP contribution in [-0.4, -0.2) is 43.5 Å². The van der Waals surface area contributed by atoms with Crippen molar-refractivity contribution < 1.29 is 14.3 Å². The van der Waals surface area contributed by atoms with Crippen molar-refractivity contribution in [3.8, 4) is 5.75 Å². The molecule has 1 N–H and O–H groups in total. The van der Waals surface area contributed by atoms with Gasteiger partial charge >= 0.3 is 0 Å². The monoisotopic (exact) mass is 318 g/mol. The smallest absolute Gasteiger partial charge is 0.253 e. The van der Waals surface area contributed by atoms with Crippen molar-refractivity contribution >= 4 is 11.8 Å². The zero-order valence-corrected chi connectivity index (χ0v) is 14.0. The zero-order valence-electron chi connectivity index (χ0n) is 14.0. The summed E-state index contributed by atoms with van der Waals surface area (Å²) < 4.78 is 5.11. The van der Waals surface area contributed by atoms with Crippen molar-refractivity contribution in [2.75, 3.05) is 26.7 Å². The molecule has 2 rings (SSSR count). The fourth-order valence-corrected chi connectivity index (χ4v) is 2.79. The van der Waals surface area contributed by atoms with Gasteiger partial charge in [0.05, 0.1) is 7.11 Å². The average molecular weight is 318 g/mol. The molecule has 1 fully saturated rings. The van der Waals surface area contributed by atoms with E-state index in [1.807, 2.05) is 4.90 Å². The Labute approximate surface area is 138 Å². The van der Waals surface area contributed by atoms with E-state index in [0.717, 1.165) is 38.0 Å². The molecule has 126 valence electrons. The molecule has 1 aliphatic rings. The average Bonchev–Trinajstić information content (AvgIpc) is 2.61. The second-order valence-electron chi connectivity index (χ2n) is 5.94. The highest BCUT2D eigenvalue weighted by Crippen LogP contribution is 2.20. The van der Waals surface area contributed by atoms with Crippen molar-refractivity contribution in [1.82, 2.24) is 10.2 Å². The number of ether oxygens (including phenoxy) is 1. The molecule has 0 unspecified atom stereocenters. The van der Waals surface area contributed by atoms with Gasteiger partial charge in [0.25, 0.3) is 5.91 Å². The van der Waals surface area contributed by atoms with Crippen LogP contribution in [0.1, 0.15) is 43.0 Å². The van der Waals surface area contributed by atoms with Crippen LogP contribution in [0.2, 0.25) is 0 Å². The number of likely N-dealkylation sites (tertiary alicyclic amines) is 1. The predicted molar refractivity (Wildman–Crippen MR) is 89.5 cm³/mol. The van der Waals surface area contributed by atoms with Gasteiger partial charge in [0.2, 0.25) is 5.91 Å². The Balaban J connectivity index is 1.83. The van der Waals surface area contributed by atoms with Crippen LogP contribution < -0.4 is 10.1 Å². The van der Waals surface area contributed by atoms with E-state index in [1.54, 1.807) is 31.4 Å². The lowest BCUT2D eigenvalue weighted by atomic mass is 9.95. The fourth-order valence-electron chi connectivity index (χ4n) is 2.79. The molecule has 0 atom stereocenters. The maximum atomic E-state index is 12.5. The summed E-state index contributed by atoms with van der Waals surface area (Å²) in [6, 6.07) is 7.15. The highest BCUT2D eigenvalue weighted by atomic mass is 16.5. The molecule has 0 bridgehead atoms. The fraction of sp³-hybridized carbons (Fsp3) is 0.556. The molecule has 0 aliphatic carbocycles. The van der Waals surface area contributed by atoms with Crippen LogP contribution in [0.25, 0.3) is 0 Å². The molecule has 5 nitrogen and oxygen atoms in total. The van der Waals surface area contributed by atoms with Crippen LogP contribution >= 0.6 is 0 Å². The van der Waals surface area contributed by atoms with Crippen molar-refractivity contribution in [3.05, 3.63) is 29.8 Å². The first-order valence-corrected chi connectivity index (χ1v) is 8.36. The largest absolute Gasteiger partial charge is 0.497 e. The Bertz CT molecular complexity index is 520. The summed E-state index contributed by atoms with van der Waals surface area (Å²) in [7, 11) is 1.60. The highest BCUT2D eigenvalue weighted by Gasteiger charge is 2.27. The van der Waals surface area contributed by atoms with Crippen LogP contribution in [0.5, 0.6) is 5.75 Å². The van der Waals surface area contributed by atoms with Crippen molar-refractivity contribution in [2.45, 2.75) is 32.6 Å². The third kappa shape index (κ3) is 4.71. The first-order valence-electron chi connectivity index (χ1n) is 8.36. The molecule has 0 aromatic heterocycles. The van der Waals surface area contributed by atoms with Gasteiger partial charge in [-0.05, 0) is 43.5 Å². The normalized spacial score (nSPS) is 15.3. The highest BCUT2D eigenvalue weighted by molar-refractivity contribution is 5.94. The predicted octanol–water partition coefficient (Wildman–Crippen LogP) is 2.46. The van der Waals surface area contributed by atoms with Crippen molar-refractivity contribution in [2.24, 2.45) is 5.92 Å². The van der Waals surface area contributed by atoms with Gasteiger partial charge in [-0.25, -0.2) is 0 Å². The van der Waals surface area contributed by atoms with Gasteiger partial charge in [-0.2, -0.15) is 0 Å². The molecule has 5 heteroatoms. The Morgan fingerprint density at radius 1 is 1.22 bits per heavy atom. The molecular weight excluding hydrogens is 292 g/mol. The number of carbonyl (C=O) groups is 2. The van der Waals surface area contributed by atoms with Crippen LogP contribution in [0.3, 0.4) is 0 Å². The molecule has 1 heterocycles. The molecular formula is C18H26N2O3. The number of piperidine rings is 1. The topological polar surface area (TPSA) is 58.6 Å². The lowest BCUT2D eigenvalue weighted by molar-refractivity contribution is -0.126. The van der Waals surface area contributed by atoms with Gasteiger partial charge in [-0.15, -0.1) is 0 Å². The number of nitrogens with zero attached hydrogens (tertiary/aromatic N) is 1. The summed E-state index contributed by atoms with van der Waals surface area (Å²) in [6.45, 7) is 4.13.